The number of halogens is 2. The summed E-state index contributed by atoms with van der Waals surface area (Å²) in [5.74, 6) is 0.232. The van der Waals surface area contributed by atoms with Crippen LogP contribution >= 0.6 is 15.9 Å². The van der Waals surface area contributed by atoms with E-state index in [-0.39, 0.29) is 11.9 Å². The second kappa shape index (κ2) is 5.93. The Morgan fingerprint density at radius 2 is 2.22 bits per heavy atom. The lowest BCUT2D eigenvalue weighted by molar-refractivity contribution is 0.212. The second-order valence-electron chi connectivity index (χ2n) is 3.70. The first-order chi connectivity index (χ1) is 8.70. The van der Waals surface area contributed by atoms with E-state index < -0.39 is 0 Å². The summed E-state index contributed by atoms with van der Waals surface area (Å²) in [6, 6.07) is 7.98. The number of nitrogens with zero attached hydrogens (tertiary/aromatic N) is 1. The Balaban J connectivity index is 2.21. The third-order valence-corrected chi connectivity index (χ3v) is 3.05. The summed E-state index contributed by atoms with van der Waals surface area (Å²) >= 11 is 3.26. The molecule has 1 atom stereocenters. The standard InChI is InChI=1S/C13H12BrFN2O/c14-11-6-10(15)3-4-12(11)18-13(7-16)9-2-1-5-17-8-9/h1-6,8,13H,7,16H2. The molecule has 2 rings (SSSR count). The van der Waals surface area contributed by atoms with E-state index in [1.807, 2.05) is 12.1 Å². The Labute approximate surface area is 113 Å². The van der Waals surface area contributed by atoms with Crippen LogP contribution in [0.1, 0.15) is 11.7 Å². The lowest BCUT2D eigenvalue weighted by atomic mass is 10.1. The molecule has 0 saturated heterocycles. The van der Waals surface area contributed by atoms with Crippen molar-refractivity contribution in [3.63, 3.8) is 0 Å². The van der Waals surface area contributed by atoms with Crippen LogP contribution in [0.2, 0.25) is 0 Å². The summed E-state index contributed by atoms with van der Waals surface area (Å²) in [6.45, 7) is 0.315. The van der Waals surface area contributed by atoms with Crippen LogP contribution in [0.5, 0.6) is 5.75 Å². The van der Waals surface area contributed by atoms with Gasteiger partial charge in [0.1, 0.15) is 17.7 Å². The Bertz CT molecular complexity index is 522. The van der Waals surface area contributed by atoms with Crippen LogP contribution in [0.4, 0.5) is 4.39 Å². The monoisotopic (exact) mass is 310 g/mol. The number of hydrogen-bond acceptors (Lipinski definition) is 3. The van der Waals surface area contributed by atoms with Crippen molar-refractivity contribution in [2.24, 2.45) is 5.73 Å². The van der Waals surface area contributed by atoms with E-state index >= 15 is 0 Å². The second-order valence-corrected chi connectivity index (χ2v) is 4.56. The van der Waals surface area contributed by atoms with Gasteiger partial charge in [0.2, 0.25) is 0 Å². The van der Waals surface area contributed by atoms with Gasteiger partial charge in [-0.1, -0.05) is 6.07 Å². The third kappa shape index (κ3) is 3.05. The summed E-state index contributed by atoms with van der Waals surface area (Å²) in [4.78, 5) is 4.02. The highest BCUT2D eigenvalue weighted by Crippen LogP contribution is 2.29. The lowest BCUT2D eigenvalue weighted by Gasteiger charge is -2.18. The largest absolute Gasteiger partial charge is 0.483 e. The number of ether oxygens (including phenoxy) is 1. The number of pyridine rings is 1. The normalized spacial score (nSPS) is 12.2. The van der Waals surface area contributed by atoms with Crippen molar-refractivity contribution in [1.82, 2.24) is 4.98 Å². The predicted molar refractivity (Wildman–Crippen MR) is 70.8 cm³/mol. The van der Waals surface area contributed by atoms with Gasteiger partial charge >= 0.3 is 0 Å². The van der Waals surface area contributed by atoms with Crippen molar-refractivity contribution < 1.29 is 9.13 Å². The minimum Gasteiger partial charge on any atom is -0.483 e. The number of nitrogens with two attached hydrogens (primary N) is 1. The molecule has 0 radical (unpaired) electrons. The van der Waals surface area contributed by atoms with E-state index in [4.69, 9.17) is 10.5 Å². The molecular weight excluding hydrogens is 299 g/mol. The van der Waals surface area contributed by atoms with E-state index in [2.05, 4.69) is 20.9 Å². The summed E-state index contributed by atoms with van der Waals surface area (Å²) in [7, 11) is 0. The van der Waals surface area contributed by atoms with Crippen LogP contribution in [0.15, 0.2) is 47.2 Å². The molecule has 3 nitrogen and oxygen atoms in total. The van der Waals surface area contributed by atoms with Crippen LogP contribution in [0, 0.1) is 5.82 Å². The molecule has 1 unspecified atom stereocenters. The van der Waals surface area contributed by atoms with Gasteiger partial charge in [-0.2, -0.15) is 0 Å². The van der Waals surface area contributed by atoms with E-state index in [0.29, 0.717) is 16.8 Å². The van der Waals surface area contributed by atoms with Gasteiger partial charge in [0.15, 0.2) is 0 Å². The van der Waals surface area contributed by atoms with Gasteiger partial charge in [-0.05, 0) is 40.2 Å². The maximum absolute atomic E-state index is 13.0. The molecule has 18 heavy (non-hydrogen) atoms. The summed E-state index contributed by atoms with van der Waals surface area (Å²) in [5, 5.41) is 0. The van der Waals surface area contributed by atoms with Crippen LogP contribution in [0.25, 0.3) is 0 Å². The molecule has 1 heterocycles. The highest BCUT2D eigenvalue weighted by atomic mass is 79.9. The zero-order valence-electron chi connectivity index (χ0n) is 9.51. The van der Waals surface area contributed by atoms with Crippen LogP contribution in [-0.2, 0) is 0 Å². The average molecular weight is 311 g/mol. The molecule has 1 aromatic heterocycles. The molecule has 0 saturated carbocycles. The van der Waals surface area contributed by atoms with Gasteiger partial charge in [0.25, 0.3) is 0 Å². The Morgan fingerprint density at radius 3 is 2.83 bits per heavy atom. The Kier molecular flexibility index (Phi) is 4.28. The zero-order chi connectivity index (χ0) is 13.0. The number of hydrogen-bond donors (Lipinski definition) is 1. The minimum atomic E-state index is -0.320. The Morgan fingerprint density at radius 1 is 1.39 bits per heavy atom. The zero-order valence-corrected chi connectivity index (χ0v) is 11.1. The van der Waals surface area contributed by atoms with Gasteiger partial charge in [0.05, 0.1) is 4.47 Å². The molecule has 0 aliphatic carbocycles. The SMILES string of the molecule is NCC(Oc1ccc(F)cc1Br)c1cccnc1. The number of aromatic nitrogens is 1. The molecule has 5 heteroatoms. The first kappa shape index (κ1) is 13.0. The fourth-order valence-electron chi connectivity index (χ4n) is 1.54. The summed E-state index contributed by atoms with van der Waals surface area (Å²) < 4.78 is 19.3. The number of rotatable bonds is 4. The van der Waals surface area contributed by atoms with Gasteiger partial charge in [-0.3, -0.25) is 4.98 Å². The van der Waals surface area contributed by atoms with Crippen LogP contribution < -0.4 is 10.5 Å². The quantitative estimate of drug-likeness (QED) is 0.944. The molecule has 94 valence electrons. The van der Waals surface area contributed by atoms with Crippen molar-refractivity contribution in [1.29, 1.82) is 0 Å². The first-order valence-corrected chi connectivity index (χ1v) is 6.21. The van der Waals surface area contributed by atoms with Gasteiger partial charge in [0, 0.05) is 24.5 Å². The molecular formula is C13H12BrFN2O. The van der Waals surface area contributed by atoms with E-state index in [1.54, 1.807) is 18.5 Å². The average Bonchev–Trinajstić information content (AvgIpc) is 2.39. The molecule has 0 bridgehead atoms. The molecule has 1 aromatic carbocycles. The topological polar surface area (TPSA) is 48.1 Å². The molecule has 0 fully saturated rings. The first-order valence-electron chi connectivity index (χ1n) is 5.42. The smallest absolute Gasteiger partial charge is 0.137 e. The molecule has 0 amide bonds. The van der Waals surface area contributed by atoms with Gasteiger partial charge in [-0.25, -0.2) is 4.39 Å². The van der Waals surface area contributed by atoms with E-state index in [9.17, 15) is 4.39 Å². The minimum absolute atomic E-state index is 0.305. The summed E-state index contributed by atoms with van der Waals surface area (Å²) in [6.07, 6.45) is 3.08. The van der Waals surface area contributed by atoms with Crippen molar-refractivity contribution in [3.8, 4) is 5.75 Å². The molecule has 0 aliphatic rings. The van der Waals surface area contributed by atoms with Crippen LogP contribution in [0.3, 0.4) is 0 Å². The highest BCUT2D eigenvalue weighted by molar-refractivity contribution is 9.10. The van der Waals surface area contributed by atoms with Crippen molar-refractivity contribution in [3.05, 3.63) is 58.6 Å². The summed E-state index contributed by atoms with van der Waals surface area (Å²) in [5.41, 5.74) is 6.58. The van der Waals surface area contributed by atoms with Crippen molar-refractivity contribution in [2.45, 2.75) is 6.10 Å². The molecule has 0 aliphatic heterocycles. The number of benzene rings is 1. The molecule has 0 spiro atoms. The molecule has 2 N–H and O–H groups in total. The maximum atomic E-state index is 13.0. The highest BCUT2D eigenvalue weighted by Gasteiger charge is 2.13. The lowest BCUT2D eigenvalue weighted by Crippen LogP contribution is -2.18. The van der Waals surface area contributed by atoms with E-state index in [0.717, 1.165) is 5.56 Å². The van der Waals surface area contributed by atoms with Crippen molar-refractivity contribution >= 4 is 15.9 Å². The maximum Gasteiger partial charge on any atom is 0.137 e. The van der Waals surface area contributed by atoms with E-state index in [1.165, 1.54) is 12.1 Å². The third-order valence-electron chi connectivity index (χ3n) is 2.43. The van der Waals surface area contributed by atoms with Crippen molar-refractivity contribution in [2.75, 3.05) is 6.54 Å². The van der Waals surface area contributed by atoms with Crippen LogP contribution in [-0.4, -0.2) is 11.5 Å². The predicted octanol–water partition coefficient (Wildman–Crippen LogP) is 3.06. The van der Waals surface area contributed by atoms with Gasteiger partial charge in [-0.15, -0.1) is 0 Å². The fourth-order valence-corrected chi connectivity index (χ4v) is 1.99. The molecule has 2 aromatic rings. The Hall–Kier alpha value is -1.46. The fraction of sp³-hybridized carbons (Fsp3) is 0.154. The van der Waals surface area contributed by atoms with Gasteiger partial charge < -0.3 is 10.5 Å².